The largest absolute Gasteiger partial charge is 0.496 e. The first-order valence-electron chi connectivity index (χ1n) is 12.6. The van der Waals surface area contributed by atoms with Gasteiger partial charge >= 0.3 is 0 Å². The number of hydrogen-bond acceptors (Lipinski definition) is 8. The lowest BCUT2D eigenvalue weighted by atomic mass is 10.1. The topological polar surface area (TPSA) is 137 Å². The summed E-state index contributed by atoms with van der Waals surface area (Å²) < 4.78 is 12.6. The van der Waals surface area contributed by atoms with Crippen molar-refractivity contribution in [3.05, 3.63) is 77.0 Å². The van der Waals surface area contributed by atoms with Crippen LogP contribution in [0.5, 0.6) is 5.75 Å². The van der Waals surface area contributed by atoms with Gasteiger partial charge in [-0.1, -0.05) is 12.1 Å². The van der Waals surface area contributed by atoms with Crippen molar-refractivity contribution in [3.8, 4) is 5.75 Å². The van der Waals surface area contributed by atoms with Crippen molar-refractivity contribution < 1.29 is 19.1 Å². The number of carbonyl (C=O) groups excluding carboxylic acids is 2. The van der Waals surface area contributed by atoms with E-state index in [1.54, 1.807) is 31.5 Å². The Labute approximate surface area is 225 Å². The molecule has 3 heterocycles. The van der Waals surface area contributed by atoms with E-state index in [0.717, 1.165) is 45.4 Å². The third-order valence-electron chi connectivity index (χ3n) is 6.80. The molecule has 4 N–H and O–H groups in total. The van der Waals surface area contributed by atoms with Crippen LogP contribution >= 0.6 is 0 Å². The van der Waals surface area contributed by atoms with Gasteiger partial charge in [0.05, 0.1) is 26.8 Å². The molecule has 2 amide bonds. The van der Waals surface area contributed by atoms with Crippen LogP contribution in [0.2, 0.25) is 0 Å². The summed E-state index contributed by atoms with van der Waals surface area (Å²) in [6, 6.07) is 11.8. The van der Waals surface area contributed by atoms with E-state index in [1.165, 1.54) is 0 Å². The number of fused-ring (bicyclic) bond motifs is 3. The Morgan fingerprint density at radius 2 is 2.13 bits per heavy atom. The van der Waals surface area contributed by atoms with Crippen LogP contribution in [0, 0.1) is 0 Å². The number of nitrogens with one attached hydrogen (secondary N) is 2. The number of nitrogens with two attached hydrogens (primary N) is 1. The molecule has 0 atom stereocenters. The maximum absolute atomic E-state index is 13.0. The van der Waals surface area contributed by atoms with Crippen LogP contribution in [-0.4, -0.2) is 59.1 Å². The first-order chi connectivity index (χ1) is 19.0. The van der Waals surface area contributed by atoms with Gasteiger partial charge in [-0.3, -0.25) is 9.59 Å². The summed E-state index contributed by atoms with van der Waals surface area (Å²) in [6.07, 6.45) is 4.27. The van der Waals surface area contributed by atoms with E-state index >= 15 is 0 Å². The van der Waals surface area contributed by atoms with E-state index in [2.05, 4.69) is 26.7 Å². The van der Waals surface area contributed by atoms with Crippen molar-refractivity contribution in [1.29, 1.82) is 0 Å². The number of nitrogens with zero attached hydrogens (tertiary/aromatic N) is 4. The summed E-state index contributed by atoms with van der Waals surface area (Å²) in [5.41, 5.74) is 10.2. The van der Waals surface area contributed by atoms with Crippen molar-refractivity contribution in [3.63, 3.8) is 0 Å². The first-order valence-corrected chi connectivity index (χ1v) is 12.6. The number of rotatable bonds is 10. The van der Waals surface area contributed by atoms with Gasteiger partial charge in [0.25, 0.3) is 5.91 Å². The summed E-state index contributed by atoms with van der Waals surface area (Å²) in [6.45, 7) is 2.84. The molecule has 1 aliphatic heterocycles. The number of hydrogen-bond donors (Lipinski definition) is 3. The summed E-state index contributed by atoms with van der Waals surface area (Å²) in [5, 5.41) is 8.10. The first kappa shape index (κ1) is 26.0. The predicted octanol–water partition coefficient (Wildman–Crippen LogP) is 2.53. The molecule has 0 spiro atoms. The minimum atomic E-state index is -0.271. The monoisotopic (exact) mass is 529 g/mol. The second-order valence-corrected chi connectivity index (χ2v) is 9.35. The van der Waals surface area contributed by atoms with Crippen molar-refractivity contribution in [2.24, 2.45) is 0 Å². The van der Waals surface area contributed by atoms with Gasteiger partial charge < -0.3 is 35.3 Å². The highest BCUT2D eigenvalue weighted by Gasteiger charge is 2.19. The maximum Gasteiger partial charge on any atom is 0.271 e. The lowest BCUT2D eigenvalue weighted by molar-refractivity contribution is -0.119. The SMILES string of the molecule is COCCN(C=O)Cc1ccc2c(c1)NCc1nc(C(=O)NCc3cc4ccnc(N)c4cc3OC)cn1C2. The maximum atomic E-state index is 13.0. The van der Waals surface area contributed by atoms with Gasteiger partial charge in [-0.25, -0.2) is 9.97 Å². The van der Waals surface area contributed by atoms with Gasteiger partial charge in [0.2, 0.25) is 6.41 Å². The summed E-state index contributed by atoms with van der Waals surface area (Å²) >= 11 is 0. The van der Waals surface area contributed by atoms with E-state index in [-0.39, 0.29) is 12.5 Å². The zero-order chi connectivity index (χ0) is 27.4. The Kier molecular flexibility index (Phi) is 7.60. The Bertz CT molecular complexity index is 1520. The summed E-state index contributed by atoms with van der Waals surface area (Å²) in [4.78, 5) is 34.8. The quantitative estimate of drug-likeness (QED) is 0.267. The molecule has 0 fully saturated rings. The minimum absolute atomic E-state index is 0.271. The standard InChI is InChI=1S/C28H31N7O4/c1-38-8-7-34(17-36)14-18-3-4-20-15-35-16-24(33-26(35)13-31-23(20)9-18)28(37)32-12-21-10-19-5-6-30-27(29)22(19)11-25(21)39-2/h3-6,9-11,16-17,31H,7-8,12-15H2,1-2H3,(H2,29,30)(H,32,37). The fraction of sp³-hybridized carbons (Fsp3) is 0.286. The Hall–Kier alpha value is -4.64. The number of pyridine rings is 1. The highest BCUT2D eigenvalue weighted by molar-refractivity contribution is 5.94. The number of methoxy groups -OCH3 is 2. The molecule has 2 aromatic heterocycles. The van der Waals surface area contributed by atoms with Crippen LogP contribution in [0.1, 0.15) is 33.0 Å². The second-order valence-electron chi connectivity index (χ2n) is 9.35. The number of anilines is 2. The molecule has 11 nitrogen and oxygen atoms in total. The Morgan fingerprint density at radius 3 is 2.92 bits per heavy atom. The minimum Gasteiger partial charge on any atom is -0.496 e. The Balaban J connectivity index is 1.27. The van der Waals surface area contributed by atoms with Gasteiger partial charge in [-0.05, 0) is 40.8 Å². The lowest BCUT2D eigenvalue weighted by Gasteiger charge is -2.18. The number of imidazole rings is 1. The summed E-state index contributed by atoms with van der Waals surface area (Å²) in [5.74, 6) is 1.54. The van der Waals surface area contributed by atoms with E-state index in [1.807, 2.05) is 34.9 Å². The average molecular weight is 530 g/mol. The molecule has 202 valence electrons. The molecule has 0 aliphatic carbocycles. The molecule has 39 heavy (non-hydrogen) atoms. The third-order valence-corrected chi connectivity index (χ3v) is 6.80. The van der Waals surface area contributed by atoms with E-state index in [0.29, 0.717) is 50.0 Å². The fourth-order valence-corrected chi connectivity index (χ4v) is 4.70. The van der Waals surface area contributed by atoms with Gasteiger partial charge in [0.15, 0.2) is 0 Å². The van der Waals surface area contributed by atoms with Crippen LogP contribution in [0.4, 0.5) is 11.5 Å². The smallest absolute Gasteiger partial charge is 0.271 e. The number of nitrogen functional groups attached to an aromatic ring is 1. The van der Waals surface area contributed by atoms with Crippen LogP contribution in [-0.2, 0) is 35.7 Å². The lowest BCUT2D eigenvalue weighted by Crippen LogP contribution is -2.25. The van der Waals surface area contributed by atoms with E-state index in [9.17, 15) is 9.59 Å². The molecule has 4 aromatic rings. The predicted molar refractivity (Wildman–Crippen MR) is 147 cm³/mol. The highest BCUT2D eigenvalue weighted by atomic mass is 16.5. The molecule has 0 saturated carbocycles. The molecular formula is C28H31N7O4. The number of aromatic nitrogens is 3. The van der Waals surface area contributed by atoms with Crippen LogP contribution in [0.15, 0.2) is 48.8 Å². The zero-order valence-corrected chi connectivity index (χ0v) is 21.9. The van der Waals surface area contributed by atoms with E-state index in [4.69, 9.17) is 15.2 Å². The normalized spacial score (nSPS) is 12.2. The van der Waals surface area contributed by atoms with Crippen molar-refractivity contribution in [2.45, 2.75) is 26.2 Å². The number of benzene rings is 2. The fourth-order valence-electron chi connectivity index (χ4n) is 4.70. The van der Waals surface area contributed by atoms with E-state index < -0.39 is 0 Å². The molecule has 0 unspecified atom stereocenters. The number of carbonyl (C=O) groups is 2. The molecule has 11 heteroatoms. The molecule has 2 aromatic carbocycles. The molecule has 5 rings (SSSR count). The molecule has 0 bridgehead atoms. The van der Waals surface area contributed by atoms with Crippen molar-refractivity contribution in [2.75, 3.05) is 38.4 Å². The zero-order valence-electron chi connectivity index (χ0n) is 21.9. The number of ether oxygens (including phenoxy) is 2. The second kappa shape index (κ2) is 11.4. The van der Waals surface area contributed by atoms with Crippen LogP contribution < -0.4 is 21.1 Å². The van der Waals surface area contributed by atoms with Gasteiger partial charge in [-0.2, -0.15) is 0 Å². The number of amides is 2. The van der Waals surface area contributed by atoms with Crippen LogP contribution in [0.25, 0.3) is 10.8 Å². The molecule has 0 saturated heterocycles. The van der Waals surface area contributed by atoms with Crippen LogP contribution in [0.3, 0.4) is 0 Å². The molecular weight excluding hydrogens is 498 g/mol. The molecule has 0 radical (unpaired) electrons. The third kappa shape index (κ3) is 5.63. The van der Waals surface area contributed by atoms with Gasteiger partial charge in [0.1, 0.15) is 23.1 Å². The summed E-state index contributed by atoms with van der Waals surface area (Å²) in [7, 11) is 3.20. The highest BCUT2D eigenvalue weighted by Crippen LogP contribution is 2.29. The van der Waals surface area contributed by atoms with Gasteiger partial charge in [0, 0.05) is 55.8 Å². The van der Waals surface area contributed by atoms with Gasteiger partial charge in [-0.15, -0.1) is 0 Å². The van der Waals surface area contributed by atoms with Crippen molar-refractivity contribution in [1.82, 2.24) is 24.8 Å². The Morgan fingerprint density at radius 1 is 1.26 bits per heavy atom. The average Bonchev–Trinajstić information content (AvgIpc) is 3.28. The van der Waals surface area contributed by atoms with Crippen molar-refractivity contribution >= 4 is 34.6 Å². The molecule has 1 aliphatic rings.